The fraction of sp³-hybridized carbons (Fsp3) is 0.667. The lowest BCUT2D eigenvalue weighted by Crippen LogP contribution is -2.41. The minimum Gasteiger partial charge on any atom is -0.371 e. The Morgan fingerprint density at radius 1 is 1.00 bits per heavy atom. The number of imidazole rings is 1. The van der Waals surface area contributed by atoms with Gasteiger partial charge in [-0.05, 0) is 49.8 Å². The molecule has 1 saturated heterocycles. The van der Waals surface area contributed by atoms with E-state index in [0.717, 1.165) is 24.9 Å². The van der Waals surface area contributed by atoms with Crippen molar-refractivity contribution < 1.29 is 0 Å². The minimum atomic E-state index is 0.806. The van der Waals surface area contributed by atoms with Gasteiger partial charge in [-0.3, -0.25) is 4.90 Å². The van der Waals surface area contributed by atoms with Crippen LogP contribution in [0.2, 0.25) is 0 Å². The van der Waals surface area contributed by atoms with Crippen molar-refractivity contribution in [3.8, 4) is 0 Å². The van der Waals surface area contributed by atoms with Crippen LogP contribution in [0.25, 0.3) is 11.0 Å². The highest BCUT2D eigenvalue weighted by Gasteiger charge is 2.27. The first-order valence-corrected chi connectivity index (χ1v) is 10.3. The van der Waals surface area contributed by atoms with E-state index in [0.29, 0.717) is 0 Å². The maximum atomic E-state index is 5.04. The second-order valence-corrected chi connectivity index (χ2v) is 8.42. The number of aromatic nitrogens is 2. The molecule has 1 aliphatic carbocycles. The van der Waals surface area contributed by atoms with E-state index in [1.807, 2.05) is 0 Å². The van der Waals surface area contributed by atoms with Gasteiger partial charge in [0.05, 0.1) is 11.0 Å². The first-order chi connectivity index (χ1) is 12.3. The second-order valence-electron chi connectivity index (χ2n) is 8.42. The van der Waals surface area contributed by atoms with Gasteiger partial charge in [-0.25, -0.2) is 4.98 Å². The highest BCUT2D eigenvalue weighted by molar-refractivity contribution is 5.80. The fourth-order valence-corrected chi connectivity index (χ4v) is 4.93. The van der Waals surface area contributed by atoms with Crippen LogP contribution in [0.5, 0.6) is 0 Å². The molecule has 1 unspecified atom stereocenters. The van der Waals surface area contributed by atoms with E-state index in [9.17, 15) is 0 Å². The Balaban J connectivity index is 1.40. The van der Waals surface area contributed by atoms with Crippen LogP contribution >= 0.6 is 0 Å². The van der Waals surface area contributed by atoms with Gasteiger partial charge in [0.2, 0.25) is 0 Å². The normalized spacial score (nSPS) is 25.6. The van der Waals surface area contributed by atoms with Crippen molar-refractivity contribution in [2.45, 2.75) is 58.0 Å². The molecule has 1 saturated carbocycles. The summed E-state index contributed by atoms with van der Waals surface area (Å²) in [5.41, 5.74) is 3.89. The summed E-state index contributed by atoms with van der Waals surface area (Å²) in [5.74, 6) is 2.10. The molecule has 134 valence electrons. The molecule has 2 aliphatic heterocycles. The molecule has 0 spiro atoms. The molecule has 25 heavy (non-hydrogen) atoms. The monoisotopic (exact) mass is 338 g/mol. The molecule has 4 nitrogen and oxygen atoms in total. The topological polar surface area (TPSA) is 24.3 Å². The van der Waals surface area contributed by atoms with Gasteiger partial charge in [0.1, 0.15) is 5.82 Å². The first kappa shape index (κ1) is 15.7. The number of fused-ring (bicyclic) bond motifs is 3. The molecule has 1 atom stereocenters. The molecular formula is C21H30N4. The van der Waals surface area contributed by atoms with Gasteiger partial charge >= 0.3 is 0 Å². The number of nitrogens with zero attached hydrogens (tertiary/aromatic N) is 4. The third-order valence-corrected chi connectivity index (χ3v) is 6.66. The van der Waals surface area contributed by atoms with Crippen LogP contribution < -0.4 is 4.90 Å². The number of benzene rings is 1. The molecule has 0 bridgehead atoms. The van der Waals surface area contributed by atoms with E-state index in [2.05, 4.69) is 39.5 Å². The maximum Gasteiger partial charge on any atom is 0.111 e. The molecule has 0 amide bonds. The van der Waals surface area contributed by atoms with Gasteiger partial charge < -0.3 is 9.47 Å². The summed E-state index contributed by atoms with van der Waals surface area (Å²) in [7, 11) is 0. The second kappa shape index (κ2) is 6.31. The predicted octanol–water partition coefficient (Wildman–Crippen LogP) is 3.68. The standard InChI is InChI=1S/C21H30N4/c1-16-4-3-10-24(15-16)18-7-8-20-19(14-18)22-21-9-11-23(12-13-25(20)21)17-5-2-6-17/h7-8,14,16-17H,2-6,9-13,15H2,1H3. The summed E-state index contributed by atoms with van der Waals surface area (Å²) in [6, 6.07) is 7.82. The summed E-state index contributed by atoms with van der Waals surface area (Å²) in [6.07, 6.45) is 8.01. The number of piperidine rings is 1. The van der Waals surface area contributed by atoms with Crippen molar-refractivity contribution in [2.75, 3.05) is 31.1 Å². The zero-order valence-corrected chi connectivity index (χ0v) is 15.5. The van der Waals surface area contributed by atoms with Crippen LogP contribution in [-0.2, 0) is 13.0 Å². The third-order valence-electron chi connectivity index (χ3n) is 6.66. The smallest absolute Gasteiger partial charge is 0.111 e. The number of hydrogen-bond acceptors (Lipinski definition) is 3. The first-order valence-electron chi connectivity index (χ1n) is 10.3. The Hall–Kier alpha value is -1.55. The fourth-order valence-electron chi connectivity index (χ4n) is 4.93. The Kier molecular flexibility index (Phi) is 3.96. The van der Waals surface area contributed by atoms with Crippen LogP contribution in [-0.4, -0.2) is 46.7 Å². The maximum absolute atomic E-state index is 5.04. The molecule has 1 aromatic carbocycles. The minimum absolute atomic E-state index is 0.806. The zero-order valence-electron chi connectivity index (χ0n) is 15.5. The lowest BCUT2D eigenvalue weighted by molar-refractivity contribution is 0.130. The molecule has 2 aromatic rings. The third kappa shape index (κ3) is 2.84. The predicted molar refractivity (Wildman–Crippen MR) is 103 cm³/mol. The summed E-state index contributed by atoms with van der Waals surface area (Å²) in [5, 5.41) is 0. The quantitative estimate of drug-likeness (QED) is 0.835. The van der Waals surface area contributed by atoms with Crippen molar-refractivity contribution in [1.29, 1.82) is 0 Å². The molecule has 4 heteroatoms. The Morgan fingerprint density at radius 2 is 1.92 bits per heavy atom. The molecule has 5 rings (SSSR count). The van der Waals surface area contributed by atoms with Crippen LogP contribution in [0.3, 0.4) is 0 Å². The van der Waals surface area contributed by atoms with E-state index >= 15 is 0 Å². The SMILES string of the molecule is CC1CCCN(c2ccc3c(c2)nc2n3CCN(C3CCC3)CC2)C1. The average molecular weight is 338 g/mol. The molecule has 1 aromatic heterocycles. The van der Waals surface area contributed by atoms with E-state index in [1.165, 1.54) is 80.8 Å². The highest BCUT2D eigenvalue weighted by Crippen LogP contribution is 2.29. The molecule has 3 aliphatic rings. The lowest BCUT2D eigenvalue weighted by Gasteiger charge is -2.36. The number of anilines is 1. The molecule has 0 N–H and O–H groups in total. The molecular weight excluding hydrogens is 308 g/mol. The zero-order chi connectivity index (χ0) is 16.8. The van der Waals surface area contributed by atoms with Crippen molar-refractivity contribution in [1.82, 2.24) is 14.5 Å². The van der Waals surface area contributed by atoms with Crippen LogP contribution in [0.1, 0.15) is 44.9 Å². The van der Waals surface area contributed by atoms with Crippen molar-refractivity contribution >= 4 is 16.7 Å². The summed E-state index contributed by atoms with van der Waals surface area (Å²) in [6.45, 7) is 8.23. The van der Waals surface area contributed by atoms with E-state index in [4.69, 9.17) is 4.98 Å². The lowest BCUT2D eigenvalue weighted by atomic mass is 9.91. The summed E-state index contributed by atoms with van der Waals surface area (Å²) in [4.78, 5) is 10.3. The van der Waals surface area contributed by atoms with Gasteiger partial charge in [-0.2, -0.15) is 0 Å². The number of rotatable bonds is 2. The Bertz CT molecular complexity index is 761. The van der Waals surface area contributed by atoms with Crippen molar-refractivity contribution in [3.63, 3.8) is 0 Å². The number of hydrogen-bond donors (Lipinski definition) is 0. The molecule has 3 heterocycles. The van der Waals surface area contributed by atoms with Gasteiger partial charge in [0.25, 0.3) is 0 Å². The Morgan fingerprint density at radius 3 is 2.72 bits per heavy atom. The van der Waals surface area contributed by atoms with Gasteiger partial charge in [-0.15, -0.1) is 0 Å². The molecule has 2 fully saturated rings. The molecule has 0 radical (unpaired) electrons. The van der Waals surface area contributed by atoms with Crippen molar-refractivity contribution in [3.05, 3.63) is 24.0 Å². The van der Waals surface area contributed by atoms with E-state index in [1.54, 1.807) is 0 Å². The highest BCUT2D eigenvalue weighted by atomic mass is 15.2. The van der Waals surface area contributed by atoms with Gasteiger partial charge in [0, 0.05) is 50.9 Å². The summed E-state index contributed by atoms with van der Waals surface area (Å²) < 4.78 is 2.48. The largest absolute Gasteiger partial charge is 0.371 e. The van der Waals surface area contributed by atoms with Crippen LogP contribution in [0.4, 0.5) is 5.69 Å². The van der Waals surface area contributed by atoms with E-state index in [-0.39, 0.29) is 0 Å². The summed E-state index contributed by atoms with van der Waals surface area (Å²) >= 11 is 0. The average Bonchev–Trinajstić information content (AvgIpc) is 2.80. The van der Waals surface area contributed by atoms with Gasteiger partial charge in [0.15, 0.2) is 0 Å². The van der Waals surface area contributed by atoms with Gasteiger partial charge in [-0.1, -0.05) is 13.3 Å². The van der Waals surface area contributed by atoms with Crippen molar-refractivity contribution in [2.24, 2.45) is 5.92 Å². The Labute approximate surface area is 150 Å². The van der Waals surface area contributed by atoms with Crippen LogP contribution in [0, 0.1) is 5.92 Å². The van der Waals surface area contributed by atoms with E-state index < -0.39 is 0 Å². The van der Waals surface area contributed by atoms with Crippen LogP contribution in [0.15, 0.2) is 18.2 Å².